The summed E-state index contributed by atoms with van der Waals surface area (Å²) in [4.78, 5) is 0. The number of hydrogen-bond acceptors (Lipinski definition) is 2. The fourth-order valence-corrected chi connectivity index (χ4v) is 1.61. The molecule has 1 saturated heterocycles. The molecule has 1 aliphatic heterocycles. The molecule has 11 heavy (non-hydrogen) atoms. The van der Waals surface area contributed by atoms with Gasteiger partial charge in [0.1, 0.15) is 0 Å². The molecule has 2 heteroatoms. The van der Waals surface area contributed by atoms with E-state index in [1.807, 2.05) is 0 Å². The molecule has 0 radical (unpaired) electrons. The molecule has 2 nitrogen and oxygen atoms in total. The Kier molecular flexibility index (Phi) is 2.55. The van der Waals surface area contributed by atoms with Crippen LogP contribution in [0.4, 0.5) is 0 Å². The van der Waals surface area contributed by atoms with Crippen molar-refractivity contribution in [3.05, 3.63) is 0 Å². The Hall–Kier alpha value is -0.0800. The summed E-state index contributed by atoms with van der Waals surface area (Å²) in [6, 6.07) is 1.30. The maximum absolute atomic E-state index is 3.61. The molecule has 0 aliphatic carbocycles. The SMILES string of the molecule is C[C@@H]1NCC[C@H]1NC(C)(C)C. The van der Waals surface area contributed by atoms with Gasteiger partial charge in [-0.05, 0) is 40.7 Å². The van der Waals surface area contributed by atoms with E-state index in [9.17, 15) is 0 Å². The van der Waals surface area contributed by atoms with E-state index in [1.165, 1.54) is 6.42 Å². The van der Waals surface area contributed by atoms with Crippen LogP contribution in [0, 0.1) is 0 Å². The zero-order valence-corrected chi connectivity index (χ0v) is 8.07. The van der Waals surface area contributed by atoms with Crippen LogP contribution in [0.25, 0.3) is 0 Å². The van der Waals surface area contributed by atoms with Gasteiger partial charge in [-0.25, -0.2) is 0 Å². The van der Waals surface area contributed by atoms with E-state index in [4.69, 9.17) is 0 Å². The second kappa shape index (κ2) is 3.11. The third kappa shape index (κ3) is 2.80. The molecular formula is C9H20N2. The van der Waals surface area contributed by atoms with E-state index in [0.717, 1.165) is 6.54 Å². The van der Waals surface area contributed by atoms with Crippen molar-refractivity contribution in [2.45, 2.75) is 51.7 Å². The molecule has 1 heterocycles. The average molecular weight is 156 g/mol. The molecule has 0 aromatic carbocycles. The third-order valence-electron chi connectivity index (χ3n) is 2.14. The van der Waals surface area contributed by atoms with Crippen LogP contribution in [-0.4, -0.2) is 24.2 Å². The summed E-state index contributed by atoms with van der Waals surface area (Å²) >= 11 is 0. The predicted molar refractivity (Wildman–Crippen MR) is 48.8 cm³/mol. The van der Waals surface area contributed by atoms with Gasteiger partial charge in [0.05, 0.1) is 0 Å². The van der Waals surface area contributed by atoms with Crippen molar-refractivity contribution < 1.29 is 0 Å². The smallest absolute Gasteiger partial charge is 0.0235 e. The molecule has 0 spiro atoms. The lowest BCUT2D eigenvalue weighted by Gasteiger charge is -2.27. The van der Waals surface area contributed by atoms with Gasteiger partial charge in [-0.2, -0.15) is 0 Å². The molecule has 0 bridgehead atoms. The molecule has 1 rings (SSSR count). The van der Waals surface area contributed by atoms with E-state index in [2.05, 4.69) is 38.3 Å². The molecule has 0 amide bonds. The van der Waals surface area contributed by atoms with Crippen LogP contribution in [0.1, 0.15) is 34.1 Å². The zero-order valence-electron chi connectivity index (χ0n) is 8.07. The molecule has 1 fully saturated rings. The van der Waals surface area contributed by atoms with Gasteiger partial charge in [0.25, 0.3) is 0 Å². The fraction of sp³-hybridized carbons (Fsp3) is 1.00. The highest BCUT2D eigenvalue weighted by molar-refractivity contribution is 4.89. The van der Waals surface area contributed by atoms with E-state index in [-0.39, 0.29) is 5.54 Å². The van der Waals surface area contributed by atoms with Crippen LogP contribution in [0.5, 0.6) is 0 Å². The Bertz CT molecular complexity index is 126. The largest absolute Gasteiger partial charge is 0.313 e. The molecule has 0 aromatic rings. The summed E-state index contributed by atoms with van der Waals surface area (Å²) in [7, 11) is 0. The van der Waals surface area contributed by atoms with Gasteiger partial charge in [-0.1, -0.05) is 0 Å². The van der Waals surface area contributed by atoms with Crippen molar-refractivity contribution in [2.75, 3.05) is 6.54 Å². The minimum absolute atomic E-state index is 0.255. The monoisotopic (exact) mass is 156 g/mol. The van der Waals surface area contributed by atoms with Gasteiger partial charge >= 0.3 is 0 Å². The van der Waals surface area contributed by atoms with Gasteiger partial charge in [-0.15, -0.1) is 0 Å². The summed E-state index contributed by atoms with van der Waals surface area (Å²) in [5.74, 6) is 0. The van der Waals surface area contributed by atoms with Crippen molar-refractivity contribution in [2.24, 2.45) is 0 Å². The summed E-state index contributed by atoms with van der Waals surface area (Å²) in [5.41, 5.74) is 0.255. The molecular weight excluding hydrogens is 136 g/mol. The Morgan fingerprint density at radius 3 is 2.36 bits per heavy atom. The normalized spacial score (nSPS) is 32.7. The lowest BCUT2D eigenvalue weighted by molar-refractivity contribution is 0.343. The summed E-state index contributed by atoms with van der Waals surface area (Å²) in [6.45, 7) is 10.1. The van der Waals surface area contributed by atoms with E-state index < -0.39 is 0 Å². The first-order valence-electron chi connectivity index (χ1n) is 4.50. The second-order valence-corrected chi connectivity index (χ2v) is 4.53. The van der Waals surface area contributed by atoms with Gasteiger partial charge in [-0.3, -0.25) is 0 Å². The molecule has 2 N–H and O–H groups in total. The minimum Gasteiger partial charge on any atom is -0.313 e. The summed E-state index contributed by atoms with van der Waals surface area (Å²) < 4.78 is 0. The lowest BCUT2D eigenvalue weighted by atomic mass is 10.0. The van der Waals surface area contributed by atoms with E-state index >= 15 is 0 Å². The molecule has 0 aromatic heterocycles. The second-order valence-electron chi connectivity index (χ2n) is 4.53. The van der Waals surface area contributed by atoms with E-state index in [1.54, 1.807) is 0 Å². The number of hydrogen-bond donors (Lipinski definition) is 2. The van der Waals surface area contributed by atoms with Crippen molar-refractivity contribution in [3.63, 3.8) is 0 Å². The maximum atomic E-state index is 3.61. The first-order valence-corrected chi connectivity index (χ1v) is 4.50. The zero-order chi connectivity index (χ0) is 8.48. The Morgan fingerprint density at radius 2 is 2.00 bits per heavy atom. The highest BCUT2D eigenvalue weighted by Gasteiger charge is 2.25. The standard InChI is InChI=1S/C9H20N2/c1-7-8(5-6-10-7)11-9(2,3)4/h7-8,10-11H,5-6H2,1-4H3/t7-,8+/m0/s1. The Morgan fingerprint density at radius 1 is 1.36 bits per heavy atom. The van der Waals surface area contributed by atoms with Crippen LogP contribution in [0.2, 0.25) is 0 Å². The Labute approximate surface area is 69.8 Å². The minimum atomic E-state index is 0.255. The van der Waals surface area contributed by atoms with Gasteiger partial charge < -0.3 is 10.6 Å². The molecule has 2 atom stereocenters. The molecule has 0 unspecified atom stereocenters. The van der Waals surface area contributed by atoms with Crippen LogP contribution in [-0.2, 0) is 0 Å². The van der Waals surface area contributed by atoms with Crippen LogP contribution < -0.4 is 10.6 Å². The summed E-state index contributed by atoms with van der Waals surface area (Å²) in [5, 5.41) is 7.03. The van der Waals surface area contributed by atoms with Gasteiger partial charge in [0, 0.05) is 17.6 Å². The quantitative estimate of drug-likeness (QED) is 0.594. The van der Waals surface area contributed by atoms with Crippen LogP contribution >= 0.6 is 0 Å². The van der Waals surface area contributed by atoms with Crippen LogP contribution in [0.3, 0.4) is 0 Å². The topological polar surface area (TPSA) is 24.1 Å². The third-order valence-corrected chi connectivity index (χ3v) is 2.14. The molecule has 66 valence electrons. The van der Waals surface area contributed by atoms with Crippen molar-refractivity contribution in [3.8, 4) is 0 Å². The van der Waals surface area contributed by atoms with Gasteiger partial charge in [0.15, 0.2) is 0 Å². The number of rotatable bonds is 1. The number of nitrogens with one attached hydrogen (secondary N) is 2. The first-order chi connectivity index (χ1) is 4.99. The fourth-order valence-electron chi connectivity index (χ4n) is 1.61. The first kappa shape index (κ1) is 9.01. The van der Waals surface area contributed by atoms with Crippen molar-refractivity contribution in [1.82, 2.24) is 10.6 Å². The molecule has 1 aliphatic rings. The predicted octanol–water partition coefficient (Wildman–Crippen LogP) is 1.12. The maximum Gasteiger partial charge on any atom is 0.0235 e. The highest BCUT2D eigenvalue weighted by atomic mass is 15.1. The molecule has 0 saturated carbocycles. The van der Waals surface area contributed by atoms with Crippen molar-refractivity contribution >= 4 is 0 Å². The van der Waals surface area contributed by atoms with Crippen LogP contribution in [0.15, 0.2) is 0 Å². The average Bonchev–Trinajstić information content (AvgIpc) is 2.12. The lowest BCUT2D eigenvalue weighted by Crippen LogP contribution is -2.48. The van der Waals surface area contributed by atoms with Crippen molar-refractivity contribution in [1.29, 1.82) is 0 Å². The highest BCUT2D eigenvalue weighted by Crippen LogP contribution is 2.10. The Balaban J connectivity index is 2.37. The summed E-state index contributed by atoms with van der Waals surface area (Å²) in [6.07, 6.45) is 1.26. The van der Waals surface area contributed by atoms with Gasteiger partial charge in [0.2, 0.25) is 0 Å². The van der Waals surface area contributed by atoms with E-state index in [0.29, 0.717) is 12.1 Å².